The number of hydrogen-bond acceptors (Lipinski definition) is 2. The highest BCUT2D eigenvalue weighted by atomic mass is 19.4. The maximum atomic E-state index is 13.8. The molecule has 1 aliphatic rings. The second-order valence-corrected chi connectivity index (χ2v) is 5.97. The van der Waals surface area contributed by atoms with E-state index in [0.717, 1.165) is 4.90 Å². The Morgan fingerprint density at radius 1 is 1.35 bits per heavy atom. The normalized spacial score (nSPS) is 24.0. The molecule has 4 nitrogen and oxygen atoms in total. The van der Waals surface area contributed by atoms with Gasteiger partial charge in [0, 0.05) is 13.5 Å². The third kappa shape index (κ3) is 4.78. The minimum atomic E-state index is -5.01. The van der Waals surface area contributed by atoms with Gasteiger partial charge in [0.25, 0.3) is 5.92 Å². The Balaban J connectivity index is 2.90. The molecule has 1 aliphatic heterocycles. The van der Waals surface area contributed by atoms with Crippen LogP contribution in [-0.2, 0) is 9.59 Å². The molecule has 0 aromatic rings. The van der Waals surface area contributed by atoms with Crippen LogP contribution >= 0.6 is 0 Å². The second kappa shape index (κ2) is 7.00. The minimum Gasteiger partial charge on any atom is -0.344 e. The summed E-state index contributed by atoms with van der Waals surface area (Å²) >= 11 is 0. The summed E-state index contributed by atoms with van der Waals surface area (Å²) in [6.07, 6.45) is -5.35. The van der Waals surface area contributed by atoms with E-state index in [-0.39, 0.29) is 5.92 Å². The smallest absolute Gasteiger partial charge is 0.344 e. The summed E-state index contributed by atoms with van der Waals surface area (Å²) in [6, 6.07) is -1.02. The van der Waals surface area contributed by atoms with Gasteiger partial charge in [-0.15, -0.1) is 0 Å². The van der Waals surface area contributed by atoms with Gasteiger partial charge in [-0.1, -0.05) is 20.3 Å². The van der Waals surface area contributed by atoms with Gasteiger partial charge in [0.05, 0.1) is 6.54 Å². The zero-order chi connectivity index (χ0) is 18.0. The fraction of sp³-hybridized carbons (Fsp3) is 0.857. The lowest BCUT2D eigenvalue weighted by atomic mass is 9.90. The Bertz CT molecular complexity index is 453. The van der Waals surface area contributed by atoms with Crippen molar-refractivity contribution in [3.8, 4) is 0 Å². The van der Waals surface area contributed by atoms with Crippen molar-refractivity contribution in [2.24, 2.45) is 11.8 Å². The van der Waals surface area contributed by atoms with Gasteiger partial charge in [-0.2, -0.15) is 13.2 Å². The molecule has 9 heteroatoms. The van der Waals surface area contributed by atoms with Crippen LogP contribution in [0.25, 0.3) is 0 Å². The van der Waals surface area contributed by atoms with E-state index < -0.39 is 55.4 Å². The molecular weight excluding hydrogens is 323 g/mol. The molecule has 1 rings (SSSR count). The summed E-state index contributed by atoms with van der Waals surface area (Å²) in [5.41, 5.74) is 0. The molecule has 3 atom stereocenters. The molecule has 1 N–H and O–H groups in total. The Kier molecular flexibility index (Phi) is 5.98. The number of likely N-dealkylation sites (tertiary alicyclic amines) is 1. The number of rotatable bonds is 4. The lowest BCUT2D eigenvalue weighted by molar-refractivity contribution is -0.257. The van der Waals surface area contributed by atoms with Crippen molar-refractivity contribution in [2.45, 2.75) is 51.8 Å². The Hall–Kier alpha value is -1.41. The summed E-state index contributed by atoms with van der Waals surface area (Å²) in [5, 5.41) is 2.40. The molecule has 134 valence electrons. The predicted molar refractivity (Wildman–Crippen MR) is 72.7 cm³/mol. The number of nitrogens with zero attached hydrogens (tertiary/aromatic N) is 1. The number of nitrogens with one attached hydrogen (secondary N) is 1. The predicted octanol–water partition coefficient (Wildman–Crippen LogP) is 2.58. The first-order valence-corrected chi connectivity index (χ1v) is 7.40. The third-order valence-corrected chi connectivity index (χ3v) is 4.14. The maximum absolute atomic E-state index is 13.8. The molecule has 0 aromatic heterocycles. The van der Waals surface area contributed by atoms with E-state index in [9.17, 15) is 31.5 Å². The van der Waals surface area contributed by atoms with Crippen LogP contribution in [0.3, 0.4) is 0 Å². The van der Waals surface area contributed by atoms with Gasteiger partial charge in [0.15, 0.2) is 0 Å². The lowest BCUT2D eigenvalue weighted by Gasteiger charge is -2.40. The van der Waals surface area contributed by atoms with Crippen LogP contribution in [0.2, 0.25) is 0 Å². The highest BCUT2D eigenvalue weighted by Crippen LogP contribution is 2.43. The Labute approximate surface area is 131 Å². The van der Waals surface area contributed by atoms with E-state index >= 15 is 0 Å². The molecule has 0 aliphatic carbocycles. The molecule has 1 fully saturated rings. The van der Waals surface area contributed by atoms with E-state index in [0.29, 0.717) is 6.42 Å². The Morgan fingerprint density at radius 3 is 2.30 bits per heavy atom. The summed E-state index contributed by atoms with van der Waals surface area (Å²) in [7, 11) is 0. The van der Waals surface area contributed by atoms with Gasteiger partial charge in [-0.3, -0.25) is 9.59 Å². The number of halogens is 5. The topological polar surface area (TPSA) is 49.4 Å². The summed E-state index contributed by atoms with van der Waals surface area (Å²) < 4.78 is 65.5. The lowest BCUT2D eigenvalue weighted by Crippen LogP contribution is -2.59. The molecule has 1 unspecified atom stereocenters. The number of amides is 2. The van der Waals surface area contributed by atoms with Gasteiger partial charge in [-0.05, 0) is 12.3 Å². The summed E-state index contributed by atoms with van der Waals surface area (Å²) in [6.45, 7) is 2.91. The quantitative estimate of drug-likeness (QED) is 0.797. The van der Waals surface area contributed by atoms with Crippen molar-refractivity contribution < 1.29 is 31.5 Å². The number of carbonyl (C=O) groups is 2. The van der Waals surface area contributed by atoms with Gasteiger partial charge in [0.1, 0.15) is 12.0 Å². The second-order valence-electron chi connectivity index (χ2n) is 5.97. The van der Waals surface area contributed by atoms with Crippen LogP contribution in [0, 0.1) is 11.8 Å². The van der Waals surface area contributed by atoms with Crippen molar-refractivity contribution in [1.29, 1.82) is 0 Å². The fourth-order valence-corrected chi connectivity index (χ4v) is 2.63. The number of hydrogen-bond donors (Lipinski definition) is 1. The standard InChI is InChI=1S/C14H21F5N2O2/c1-4-8(2)11(20-9(3)22)12(23)21-6-5-10(14(17,18)19)13(15,16)7-21/h8,10-11H,4-7H2,1-3H3,(H,20,22)/t8-,10?,11-/m0/s1. The fourth-order valence-electron chi connectivity index (χ4n) is 2.63. The largest absolute Gasteiger partial charge is 0.397 e. The average Bonchev–Trinajstić information content (AvgIpc) is 2.40. The molecule has 0 aromatic carbocycles. The molecular formula is C14H21F5N2O2. The summed E-state index contributed by atoms with van der Waals surface area (Å²) in [4.78, 5) is 24.3. The van der Waals surface area contributed by atoms with Crippen molar-refractivity contribution in [2.75, 3.05) is 13.1 Å². The zero-order valence-electron chi connectivity index (χ0n) is 13.2. The van der Waals surface area contributed by atoms with E-state index in [1.807, 2.05) is 0 Å². The van der Waals surface area contributed by atoms with Crippen LogP contribution in [0.15, 0.2) is 0 Å². The van der Waals surface area contributed by atoms with Crippen LogP contribution in [0.1, 0.15) is 33.6 Å². The minimum absolute atomic E-state index is 0.319. The monoisotopic (exact) mass is 344 g/mol. The van der Waals surface area contributed by atoms with Crippen LogP contribution in [0.5, 0.6) is 0 Å². The molecule has 0 radical (unpaired) electrons. The van der Waals surface area contributed by atoms with Crippen molar-refractivity contribution in [3.63, 3.8) is 0 Å². The highest BCUT2D eigenvalue weighted by Gasteiger charge is 2.58. The van der Waals surface area contributed by atoms with Crippen LogP contribution in [0.4, 0.5) is 22.0 Å². The molecule has 1 heterocycles. The molecule has 0 saturated carbocycles. The number of carbonyl (C=O) groups excluding carboxylic acids is 2. The van der Waals surface area contributed by atoms with E-state index in [2.05, 4.69) is 5.32 Å². The van der Waals surface area contributed by atoms with Gasteiger partial charge in [-0.25, -0.2) is 8.78 Å². The van der Waals surface area contributed by atoms with E-state index in [1.165, 1.54) is 6.92 Å². The number of piperidine rings is 1. The molecule has 0 bridgehead atoms. The number of alkyl halides is 5. The SMILES string of the molecule is CC[C@H](C)[C@H](NC(C)=O)C(=O)N1CCC(C(F)(F)F)C(F)(F)C1. The van der Waals surface area contributed by atoms with Crippen molar-refractivity contribution in [3.05, 3.63) is 0 Å². The molecule has 23 heavy (non-hydrogen) atoms. The first-order chi connectivity index (χ1) is 10.4. The molecule has 1 saturated heterocycles. The average molecular weight is 344 g/mol. The maximum Gasteiger partial charge on any atom is 0.397 e. The molecule has 0 spiro atoms. The first-order valence-electron chi connectivity index (χ1n) is 7.40. The van der Waals surface area contributed by atoms with E-state index in [4.69, 9.17) is 0 Å². The zero-order valence-corrected chi connectivity index (χ0v) is 13.2. The summed E-state index contributed by atoms with van der Waals surface area (Å²) in [5.74, 6) is -8.37. The van der Waals surface area contributed by atoms with Gasteiger partial charge in [0.2, 0.25) is 11.8 Å². The van der Waals surface area contributed by atoms with Crippen molar-refractivity contribution in [1.82, 2.24) is 10.2 Å². The van der Waals surface area contributed by atoms with Crippen molar-refractivity contribution >= 4 is 11.8 Å². The molecule has 2 amide bonds. The van der Waals surface area contributed by atoms with E-state index in [1.54, 1.807) is 13.8 Å². The third-order valence-electron chi connectivity index (χ3n) is 4.14. The van der Waals surface area contributed by atoms with Gasteiger partial charge < -0.3 is 10.2 Å². The van der Waals surface area contributed by atoms with Gasteiger partial charge >= 0.3 is 6.18 Å². The highest BCUT2D eigenvalue weighted by molar-refractivity contribution is 5.87. The van der Waals surface area contributed by atoms with Crippen LogP contribution in [-0.4, -0.2) is 47.9 Å². The van der Waals surface area contributed by atoms with Crippen LogP contribution < -0.4 is 5.32 Å². The Morgan fingerprint density at radius 2 is 1.91 bits per heavy atom. The first kappa shape index (κ1) is 19.6.